The molecule has 0 amide bonds. The quantitative estimate of drug-likeness (QED) is 0.555. The zero-order valence-corrected chi connectivity index (χ0v) is 14.3. The molecular formula is C20H20BrN. The van der Waals surface area contributed by atoms with Crippen molar-refractivity contribution < 1.29 is 0 Å². The van der Waals surface area contributed by atoms with E-state index in [-0.39, 0.29) is 0 Å². The number of halogens is 1. The van der Waals surface area contributed by atoms with Gasteiger partial charge in [0.1, 0.15) is 0 Å². The molecule has 1 aliphatic heterocycles. The van der Waals surface area contributed by atoms with E-state index in [0.29, 0.717) is 0 Å². The summed E-state index contributed by atoms with van der Waals surface area (Å²) in [5.41, 5.74) is 3.57. The highest BCUT2D eigenvalue weighted by molar-refractivity contribution is 9.10. The largest absolute Gasteiger partial charge is 0.303 e. The molecule has 1 fully saturated rings. The number of hydrogen-bond acceptors (Lipinski definition) is 1. The first-order chi connectivity index (χ1) is 10.8. The second-order valence-corrected chi connectivity index (χ2v) is 6.60. The number of nitrogens with zero attached hydrogens (tertiary/aromatic N) is 1. The Kier molecular flexibility index (Phi) is 5.32. The molecule has 0 saturated carbocycles. The molecule has 2 aromatic rings. The molecule has 112 valence electrons. The van der Waals surface area contributed by atoms with Crippen molar-refractivity contribution in [3.05, 3.63) is 58.6 Å². The first kappa shape index (κ1) is 15.3. The summed E-state index contributed by atoms with van der Waals surface area (Å²) in [6, 6.07) is 16.9. The minimum atomic E-state index is 0.991. The third kappa shape index (κ3) is 4.22. The molecule has 22 heavy (non-hydrogen) atoms. The average molecular weight is 354 g/mol. The van der Waals surface area contributed by atoms with E-state index in [2.05, 4.69) is 81.2 Å². The maximum atomic E-state index is 3.47. The number of benzene rings is 2. The van der Waals surface area contributed by atoms with Gasteiger partial charge < -0.3 is 4.90 Å². The third-order valence-corrected chi connectivity index (χ3v) is 4.55. The lowest BCUT2D eigenvalue weighted by Crippen LogP contribution is -2.37. The van der Waals surface area contributed by atoms with E-state index in [9.17, 15) is 0 Å². The number of rotatable bonds is 4. The van der Waals surface area contributed by atoms with Gasteiger partial charge in [0, 0.05) is 16.5 Å². The molecule has 0 bridgehead atoms. The van der Waals surface area contributed by atoms with Crippen LogP contribution in [0.25, 0.3) is 11.1 Å². The van der Waals surface area contributed by atoms with Gasteiger partial charge in [0.25, 0.3) is 0 Å². The van der Waals surface area contributed by atoms with Gasteiger partial charge in [0.15, 0.2) is 0 Å². The zero-order valence-electron chi connectivity index (χ0n) is 12.7. The number of hydrogen-bond donors (Lipinski definition) is 0. The van der Waals surface area contributed by atoms with E-state index < -0.39 is 0 Å². The normalized spacial score (nSPS) is 14.0. The molecule has 2 aromatic carbocycles. The minimum absolute atomic E-state index is 0.991. The molecule has 0 unspecified atom stereocenters. The van der Waals surface area contributed by atoms with Gasteiger partial charge in [-0.2, -0.15) is 0 Å². The monoisotopic (exact) mass is 353 g/mol. The lowest BCUT2D eigenvalue weighted by molar-refractivity contribution is 0.180. The van der Waals surface area contributed by atoms with Gasteiger partial charge in [-0.25, -0.2) is 0 Å². The van der Waals surface area contributed by atoms with Crippen LogP contribution in [0.3, 0.4) is 0 Å². The van der Waals surface area contributed by atoms with Gasteiger partial charge in [0.2, 0.25) is 0 Å². The van der Waals surface area contributed by atoms with Gasteiger partial charge in [-0.3, -0.25) is 0 Å². The lowest BCUT2D eigenvalue weighted by Gasteiger charge is -2.30. The highest BCUT2D eigenvalue weighted by atomic mass is 79.9. The standard InChI is InChI=1S/C20H20BrN/c21-20-12-10-19(11-13-20)18-8-6-17(7-9-18)5-2-1-3-14-22-15-4-16-22/h6-13H,1,3-4,14-16H2. The molecule has 0 N–H and O–H groups in total. The highest BCUT2D eigenvalue weighted by Gasteiger charge is 2.11. The Morgan fingerprint density at radius 1 is 0.909 bits per heavy atom. The zero-order chi connectivity index (χ0) is 15.2. The van der Waals surface area contributed by atoms with Crippen molar-refractivity contribution in [1.29, 1.82) is 0 Å². The fourth-order valence-electron chi connectivity index (χ4n) is 2.55. The van der Waals surface area contributed by atoms with Crippen molar-refractivity contribution in [2.75, 3.05) is 19.6 Å². The molecule has 1 heterocycles. The van der Waals surface area contributed by atoms with Crippen LogP contribution in [-0.2, 0) is 0 Å². The summed E-state index contributed by atoms with van der Waals surface area (Å²) < 4.78 is 1.11. The topological polar surface area (TPSA) is 3.24 Å². The van der Waals surface area contributed by atoms with Gasteiger partial charge in [-0.15, -0.1) is 0 Å². The van der Waals surface area contributed by atoms with Gasteiger partial charge >= 0.3 is 0 Å². The summed E-state index contributed by atoms with van der Waals surface area (Å²) in [6.45, 7) is 3.77. The van der Waals surface area contributed by atoms with Crippen molar-refractivity contribution >= 4 is 15.9 Å². The molecule has 0 aromatic heterocycles. The smallest absolute Gasteiger partial charge is 0.0245 e. The van der Waals surface area contributed by atoms with Crippen LogP contribution in [0.2, 0.25) is 0 Å². The predicted molar refractivity (Wildman–Crippen MR) is 96.7 cm³/mol. The molecule has 0 atom stereocenters. The second-order valence-electron chi connectivity index (χ2n) is 5.68. The van der Waals surface area contributed by atoms with Crippen LogP contribution in [0.15, 0.2) is 53.0 Å². The van der Waals surface area contributed by atoms with Crippen LogP contribution in [-0.4, -0.2) is 24.5 Å². The number of likely N-dealkylation sites (tertiary alicyclic amines) is 1. The lowest BCUT2D eigenvalue weighted by atomic mass is 10.0. The molecule has 3 rings (SSSR count). The van der Waals surface area contributed by atoms with Crippen LogP contribution in [0.5, 0.6) is 0 Å². The van der Waals surface area contributed by atoms with Crippen molar-refractivity contribution in [3.63, 3.8) is 0 Å². The van der Waals surface area contributed by atoms with E-state index in [1.165, 1.54) is 43.6 Å². The Hall–Kier alpha value is -1.56. The van der Waals surface area contributed by atoms with Crippen LogP contribution in [0, 0.1) is 11.8 Å². The minimum Gasteiger partial charge on any atom is -0.303 e. The summed E-state index contributed by atoms with van der Waals surface area (Å²) in [5.74, 6) is 6.56. The second kappa shape index (κ2) is 7.63. The fraction of sp³-hybridized carbons (Fsp3) is 0.300. The predicted octanol–water partition coefficient (Wildman–Crippen LogP) is 4.95. The van der Waals surface area contributed by atoms with Crippen molar-refractivity contribution in [2.45, 2.75) is 19.3 Å². The molecule has 1 nitrogen and oxygen atoms in total. The fourth-order valence-corrected chi connectivity index (χ4v) is 2.81. The van der Waals surface area contributed by atoms with E-state index >= 15 is 0 Å². The van der Waals surface area contributed by atoms with Crippen LogP contribution < -0.4 is 0 Å². The Balaban J connectivity index is 1.53. The van der Waals surface area contributed by atoms with Crippen LogP contribution >= 0.6 is 15.9 Å². The SMILES string of the molecule is Brc1ccc(-c2ccc(C#CCCCN3CCC3)cc2)cc1. The molecular weight excluding hydrogens is 334 g/mol. The van der Waals surface area contributed by atoms with Gasteiger partial charge in [-0.05, 0) is 67.9 Å². The molecule has 2 heteroatoms. The van der Waals surface area contributed by atoms with E-state index in [1.54, 1.807) is 0 Å². The first-order valence-corrected chi connectivity index (χ1v) is 8.68. The first-order valence-electron chi connectivity index (χ1n) is 7.88. The maximum absolute atomic E-state index is 3.47. The van der Waals surface area contributed by atoms with Gasteiger partial charge in [0.05, 0.1) is 0 Å². The van der Waals surface area contributed by atoms with Crippen LogP contribution in [0.1, 0.15) is 24.8 Å². The molecule has 0 aliphatic carbocycles. The Morgan fingerprint density at radius 3 is 2.14 bits per heavy atom. The van der Waals surface area contributed by atoms with E-state index in [4.69, 9.17) is 0 Å². The summed E-state index contributed by atoms with van der Waals surface area (Å²) in [7, 11) is 0. The molecule has 0 spiro atoms. The van der Waals surface area contributed by atoms with E-state index in [1.807, 2.05) is 0 Å². The average Bonchev–Trinajstić information content (AvgIpc) is 2.50. The Labute approximate surface area is 141 Å². The molecule has 1 aliphatic rings. The third-order valence-electron chi connectivity index (χ3n) is 4.02. The summed E-state index contributed by atoms with van der Waals surface area (Å²) >= 11 is 3.47. The van der Waals surface area contributed by atoms with Crippen molar-refractivity contribution in [2.24, 2.45) is 0 Å². The van der Waals surface area contributed by atoms with Crippen molar-refractivity contribution in [3.8, 4) is 23.0 Å². The summed E-state index contributed by atoms with van der Waals surface area (Å²) in [6.07, 6.45) is 3.55. The number of unbranched alkanes of at least 4 members (excludes halogenated alkanes) is 1. The summed E-state index contributed by atoms with van der Waals surface area (Å²) in [5, 5.41) is 0. The molecule has 0 radical (unpaired) electrons. The van der Waals surface area contributed by atoms with Crippen LogP contribution in [0.4, 0.5) is 0 Å². The highest BCUT2D eigenvalue weighted by Crippen LogP contribution is 2.21. The maximum Gasteiger partial charge on any atom is 0.0245 e. The Morgan fingerprint density at radius 2 is 1.55 bits per heavy atom. The Bertz CT molecular complexity index is 658. The van der Waals surface area contributed by atoms with Gasteiger partial charge in [-0.1, -0.05) is 52.0 Å². The van der Waals surface area contributed by atoms with E-state index in [0.717, 1.165) is 16.5 Å². The summed E-state index contributed by atoms with van der Waals surface area (Å²) in [4.78, 5) is 2.49. The molecule has 1 saturated heterocycles. The van der Waals surface area contributed by atoms with Crippen molar-refractivity contribution in [1.82, 2.24) is 4.90 Å².